The highest BCUT2D eigenvalue weighted by Gasteiger charge is 2.25. The van der Waals surface area contributed by atoms with Crippen molar-refractivity contribution in [2.45, 2.75) is 6.92 Å². The number of hydrogen-bond donors (Lipinski definition) is 0. The van der Waals surface area contributed by atoms with E-state index < -0.39 is 5.56 Å². The van der Waals surface area contributed by atoms with Gasteiger partial charge in [0.1, 0.15) is 17.2 Å². The number of halogens is 1. The molecule has 0 atom stereocenters. The first-order chi connectivity index (χ1) is 19.4. The summed E-state index contributed by atoms with van der Waals surface area (Å²) in [6.07, 6.45) is 1.64. The van der Waals surface area contributed by atoms with Crippen LogP contribution >= 0.6 is 11.6 Å². The third kappa shape index (κ3) is 6.11. The smallest absolute Gasteiger partial charge is 0.316 e. The van der Waals surface area contributed by atoms with Crippen LogP contribution in [-0.2, 0) is 9.53 Å². The van der Waals surface area contributed by atoms with Gasteiger partial charge < -0.3 is 24.0 Å². The van der Waals surface area contributed by atoms with E-state index >= 15 is 0 Å². The Kier molecular flexibility index (Phi) is 8.33. The van der Waals surface area contributed by atoms with Gasteiger partial charge in [-0.1, -0.05) is 35.9 Å². The first kappa shape index (κ1) is 27.2. The number of hydrogen-bond acceptors (Lipinski definition) is 7. The zero-order valence-corrected chi connectivity index (χ0v) is 23.0. The molecule has 0 saturated carbocycles. The molecule has 9 nitrogen and oxygen atoms in total. The number of nitrogens with zero attached hydrogens (tertiary/aromatic N) is 4. The van der Waals surface area contributed by atoms with Crippen LogP contribution in [0.2, 0.25) is 5.02 Å². The lowest BCUT2D eigenvalue weighted by molar-refractivity contribution is -0.129. The maximum absolute atomic E-state index is 13.7. The Morgan fingerprint density at radius 2 is 1.48 bits per heavy atom. The number of rotatable bonds is 8. The number of carbonyl (C=O) groups is 1. The number of amides is 1. The highest BCUT2D eigenvalue weighted by molar-refractivity contribution is 6.30. The van der Waals surface area contributed by atoms with Crippen molar-refractivity contribution < 1.29 is 19.0 Å². The Morgan fingerprint density at radius 3 is 2.05 bits per heavy atom. The molecule has 1 aliphatic heterocycles. The first-order valence-electron chi connectivity index (χ1n) is 12.8. The fraction of sp³-hybridized carbons (Fsp3) is 0.233. The molecule has 3 aromatic carbocycles. The monoisotopic (exact) mass is 560 g/mol. The number of methoxy groups -OCH3 is 1. The van der Waals surface area contributed by atoms with Crippen molar-refractivity contribution in [3.63, 3.8) is 0 Å². The first-order valence-corrected chi connectivity index (χ1v) is 13.2. The summed E-state index contributed by atoms with van der Waals surface area (Å²) < 4.78 is 17.9. The number of benzene rings is 3. The molecule has 40 heavy (non-hydrogen) atoms. The van der Waals surface area contributed by atoms with Crippen LogP contribution in [0.15, 0.2) is 83.8 Å². The van der Waals surface area contributed by atoms with Gasteiger partial charge in [0.25, 0.3) is 0 Å². The summed E-state index contributed by atoms with van der Waals surface area (Å²) in [6.45, 7) is 3.98. The summed E-state index contributed by atoms with van der Waals surface area (Å²) in [5, 5.41) is 4.99. The number of anilines is 1. The van der Waals surface area contributed by atoms with E-state index in [2.05, 4.69) is 5.10 Å². The van der Waals surface area contributed by atoms with Crippen molar-refractivity contribution in [1.82, 2.24) is 14.7 Å². The van der Waals surface area contributed by atoms with E-state index in [1.165, 1.54) is 4.68 Å². The highest BCUT2D eigenvalue weighted by Crippen LogP contribution is 2.31. The highest BCUT2D eigenvalue weighted by atomic mass is 35.5. The third-order valence-electron chi connectivity index (χ3n) is 6.66. The van der Waals surface area contributed by atoms with E-state index in [0.29, 0.717) is 48.3 Å². The lowest BCUT2D eigenvalue weighted by Gasteiger charge is -2.35. The van der Waals surface area contributed by atoms with E-state index in [4.69, 9.17) is 25.8 Å². The standard InChI is InChI=1S/C30H29ClN4O5/c1-21(36)33-15-17-34(18-16-33)28-19-32-35(25-9-7-24(31)8-10-25)30(37)29(28)40-27-13-5-23(6-14-27)22-3-11-26(12-4-22)39-20-38-2/h3-14,19H,15-18,20H2,1-2H3. The molecule has 0 unspecified atom stereocenters. The second-order valence-electron chi connectivity index (χ2n) is 9.25. The Morgan fingerprint density at radius 1 is 0.875 bits per heavy atom. The largest absolute Gasteiger partial charge is 0.468 e. The molecular formula is C30H29ClN4O5. The van der Waals surface area contributed by atoms with Gasteiger partial charge in [0.05, 0.1) is 11.9 Å². The van der Waals surface area contributed by atoms with Crippen molar-refractivity contribution in [2.75, 3.05) is 45.0 Å². The molecule has 5 rings (SSSR count). The van der Waals surface area contributed by atoms with Gasteiger partial charge >= 0.3 is 5.56 Å². The molecule has 1 amide bonds. The van der Waals surface area contributed by atoms with Gasteiger partial charge in [-0.25, -0.2) is 0 Å². The lowest BCUT2D eigenvalue weighted by atomic mass is 10.1. The quantitative estimate of drug-likeness (QED) is 0.280. The molecule has 0 bridgehead atoms. The molecule has 0 aliphatic carbocycles. The van der Waals surface area contributed by atoms with Gasteiger partial charge in [-0.3, -0.25) is 9.59 Å². The average Bonchev–Trinajstić information content (AvgIpc) is 2.98. The van der Waals surface area contributed by atoms with Gasteiger partial charge in [0, 0.05) is 45.2 Å². The van der Waals surface area contributed by atoms with Gasteiger partial charge in [-0.05, 0) is 59.7 Å². The van der Waals surface area contributed by atoms with Crippen LogP contribution < -0.4 is 19.9 Å². The van der Waals surface area contributed by atoms with Crippen molar-refractivity contribution in [2.24, 2.45) is 0 Å². The predicted molar refractivity (Wildman–Crippen MR) is 154 cm³/mol. The Labute approximate surface area is 237 Å². The van der Waals surface area contributed by atoms with Crippen LogP contribution in [0.1, 0.15) is 6.92 Å². The van der Waals surface area contributed by atoms with Gasteiger partial charge in [-0.15, -0.1) is 0 Å². The van der Waals surface area contributed by atoms with Gasteiger partial charge in [-0.2, -0.15) is 9.78 Å². The van der Waals surface area contributed by atoms with Crippen LogP contribution in [-0.4, -0.2) is 60.7 Å². The summed E-state index contributed by atoms with van der Waals surface area (Å²) in [6, 6.07) is 22.1. The summed E-state index contributed by atoms with van der Waals surface area (Å²) in [5.74, 6) is 1.42. The maximum atomic E-state index is 13.7. The Bertz CT molecular complexity index is 1510. The van der Waals surface area contributed by atoms with E-state index in [1.54, 1.807) is 49.4 Å². The normalized spacial score (nSPS) is 13.3. The third-order valence-corrected chi connectivity index (χ3v) is 6.91. The number of carbonyl (C=O) groups excluding carboxylic acids is 1. The molecule has 1 aliphatic rings. The van der Waals surface area contributed by atoms with Crippen LogP contribution in [0.25, 0.3) is 16.8 Å². The van der Waals surface area contributed by atoms with Gasteiger partial charge in [0.15, 0.2) is 6.79 Å². The molecule has 0 spiro atoms. The molecular weight excluding hydrogens is 532 g/mol. The van der Waals surface area contributed by atoms with Crippen LogP contribution in [0.3, 0.4) is 0 Å². The SMILES string of the molecule is COCOc1ccc(-c2ccc(Oc3c(N4CCN(C(C)=O)CC4)cnn(-c4ccc(Cl)cc4)c3=O)cc2)cc1. The second kappa shape index (κ2) is 12.2. The summed E-state index contributed by atoms with van der Waals surface area (Å²) >= 11 is 6.04. The predicted octanol–water partition coefficient (Wildman–Crippen LogP) is 5.00. The number of piperazine rings is 1. The Hall–Kier alpha value is -4.34. The Balaban J connectivity index is 1.44. The zero-order chi connectivity index (χ0) is 28.1. The number of ether oxygens (including phenoxy) is 3. The molecule has 0 N–H and O–H groups in total. The fourth-order valence-electron chi connectivity index (χ4n) is 4.48. The molecule has 0 radical (unpaired) electrons. The van der Waals surface area contributed by atoms with Crippen molar-refractivity contribution in [3.8, 4) is 34.1 Å². The van der Waals surface area contributed by atoms with Crippen molar-refractivity contribution in [3.05, 3.63) is 94.4 Å². The average molecular weight is 561 g/mol. The van der Waals surface area contributed by atoms with Crippen molar-refractivity contribution in [1.29, 1.82) is 0 Å². The van der Waals surface area contributed by atoms with Crippen LogP contribution in [0.5, 0.6) is 17.2 Å². The minimum atomic E-state index is -0.399. The zero-order valence-electron chi connectivity index (χ0n) is 22.2. The van der Waals surface area contributed by atoms with E-state index in [1.807, 2.05) is 53.4 Å². The lowest BCUT2D eigenvalue weighted by Crippen LogP contribution is -2.48. The minimum Gasteiger partial charge on any atom is -0.468 e. The maximum Gasteiger partial charge on any atom is 0.316 e. The van der Waals surface area contributed by atoms with E-state index in [9.17, 15) is 9.59 Å². The van der Waals surface area contributed by atoms with Crippen LogP contribution in [0.4, 0.5) is 5.69 Å². The molecule has 206 valence electrons. The topological polar surface area (TPSA) is 86.1 Å². The molecule has 1 fully saturated rings. The fourth-order valence-corrected chi connectivity index (χ4v) is 4.61. The number of aromatic nitrogens is 2. The minimum absolute atomic E-state index is 0.0321. The summed E-state index contributed by atoms with van der Waals surface area (Å²) in [5.41, 5.74) is 2.74. The summed E-state index contributed by atoms with van der Waals surface area (Å²) in [4.78, 5) is 29.3. The molecule has 1 saturated heterocycles. The molecule has 1 aromatic heterocycles. The van der Waals surface area contributed by atoms with Gasteiger partial charge in [0.2, 0.25) is 11.7 Å². The van der Waals surface area contributed by atoms with Crippen molar-refractivity contribution >= 4 is 23.2 Å². The molecule has 2 heterocycles. The van der Waals surface area contributed by atoms with E-state index in [-0.39, 0.29) is 18.4 Å². The van der Waals surface area contributed by atoms with Crippen LogP contribution in [0, 0.1) is 0 Å². The second-order valence-corrected chi connectivity index (χ2v) is 9.68. The molecule has 4 aromatic rings. The van der Waals surface area contributed by atoms with E-state index in [0.717, 1.165) is 16.9 Å². The summed E-state index contributed by atoms with van der Waals surface area (Å²) in [7, 11) is 1.58. The molecule has 10 heteroatoms.